The number of hydrogen-bond acceptors (Lipinski definition) is 1. The van der Waals surface area contributed by atoms with Crippen LogP contribution >= 0.6 is 0 Å². The first kappa shape index (κ1) is 16.5. The Balaban J connectivity index is 5.06. The third-order valence-corrected chi connectivity index (χ3v) is 5.20. The summed E-state index contributed by atoms with van der Waals surface area (Å²) < 4.78 is 0. The van der Waals surface area contributed by atoms with Crippen LogP contribution < -0.4 is 5.73 Å². The van der Waals surface area contributed by atoms with Crippen molar-refractivity contribution in [3.63, 3.8) is 0 Å². The summed E-state index contributed by atoms with van der Waals surface area (Å²) >= 11 is 0. The summed E-state index contributed by atoms with van der Waals surface area (Å²) in [5.41, 5.74) is 5.95. The molecule has 1 unspecified atom stereocenters. The number of amides is 1. The van der Waals surface area contributed by atoms with E-state index in [9.17, 15) is 4.79 Å². The van der Waals surface area contributed by atoms with Crippen LogP contribution in [0.4, 0.5) is 0 Å². The number of primary amides is 1. The van der Waals surface area contributed by atoms with Crippen molar-refractivity contribution in [1.29, 1.82) is 0 Å². The van der Waals surface area contributed by atoms with E-state index in [1.807, 2.05) is 0 Å². The Morgan fingerprint density at radius 1 is 1.00 bits per heavy atom. The topological polar surface area (TPSA) is 43.1 Å². The molecule has 17 heavy (non-hydrogen) atoms. The van der Waals surface area contributed by atoms with Crippen molar-refractivity contribution < 1.29 is 4.79 Å². The van der Waals surface area contributed by atoms with Crippen molar-refractivity contribution in [3.8, 4) is 0 Å². The fourth-order valence-corrected chi connectivity index (χ4v) is 2.46. The second-order valence-electron chi connectivity index (χ2n) is 6.04. The quantitative estimate of drug-likeness (QED) is 0.682. The van der Waals surface area contributed by atoms with Gasteiger partial charge < -0.3 is 5.73 Å². The molecule has 0 saturated heterocycles. The lowest BCUT2D eigenvalue weighted by atomic mass is 9.65. The monoisotopic (exact) mass is 241 g/mol. The summed E-state index contributed by atoms with van der Waals surface area (Å²) in [5.74, 6) is -0.119. The summed E-state index contributed by atoms with van der Waals surface area (Å²) in [4.78, 5) is 11.8. The van der Waals surface area contributed by atoms with Crippen LogP contribution in [0.1, 0.15) is 73.6 Å². The van der Waals surface area contributed by atoms with Crippen LogP contribution in [0.3, 0.4) is 0 Å². The second-order valence-corrected chi connectivity index (χ2v) is 6.04. The van der Waals surface area contributed by atoms with Crippen LogP contribution in [0.2, 0.25) is 0 Å². The van der Waals surface area contributed by atoms with Gasteiger partial charge in [0.1, 0.15) is 0 Å². The van der Waals surface area contributed by atoms with Gasteiger partial charge in [0.2, 0.25) is 5.91 Å². The number of hydrogen-bond donors (Lipinski definition) is 1. The van der Waals surface area contributed by atoms with E-state index in [0.29, 0.717) is 0 Å². The first-order valence-electron chi connectivity index (χ1n) is 7.07. The van der Waals surface area contributed by atoms with Crippen molar-refractivity contribution in [2.75, 3.05) is 0 Å². The maximum atomic E-state index is 11.8. The van der Waals surface area contributed by atoms with Gasteiger partial charge in [0.25, 0.3) is 0 Å². The average molecular weight is 241 g/mol. The van der Waals surface area contributed by atoms with Crippen LogP contribution in [0.5, 0.6) is 0 Å². The molecule has 0 aliphatic carbocycles. The van der Waals surface area contributed by atoms with Gasteiger partial charge in [-0.3, -0.25) is 4.79 Å². The molecule has 1 atom stereocenters. The number of rotatable bonds is 8. The maximum Gasteiger partial charge on any atom is 0.221 e. The molecule has 0 aliphatic heterocycles. The zero-order valence-electron chi connectivity index (χ0n) is 12.6. The highest BCUT2D eigenvalue weighted by Crippen LogP contribution is 2.43. The van der Waals surface area contributed by atoms with Crippen LogP contribution in [0.15, 0.2) is 0 Å². The van der Waals surface area contributed by atoms with Gasteiger partial charge in [-0.1, -0.05) is 54.4 Å². The molecule has 0 radical (unpaired) electrons. The molecule has 0 bridgehead atoms. The third kappa shape index (κ3) is 4.01. The SMILES string of the molecule is CCC(C)(CC)CC(C(N)=O)C(C)(CC)CC. The molecule has 1 amide bonds. The Morgan fingerprint density at radius 3 is 1.65 bits per heavy atom. The molecule has 2 heteroatoms. The number of nitrogens with two attached hydrogens (primary N) is 1. The molecule has 0 aromatic carbocycles. The lowest BCUT2D eigenvalue weighted by molar-refractivity contribution is -0.127. The van der Waals surface area contributed by atoms with E-state index in [-0.39, 0.29) is 22.7 Å². The summed E-state index contributed by atoms with van der Waals surface area (Å²) in [7, 11) is 0. The van der Waals surface area contributed by atoms with Crippen LogP contribution in [-0.2, 0) is 4.79 Å². The normalized spacial score (nSPS) is 14.7. The van der Waals surface area contributed by atoms with E-state index in [1.54, 1.807) is 0 Å². The molecule has 102 valence electrons. The predicted molar refractivity (Wildman–Crippen MR) is 74.7 cm³/mol. The van der Waals surface area contributed by atoms with E-state index in [2.05, 4.69) is 41.5 Å². The maximum absolute atomic E-state index is 11.8. The van der Waals surface area contributed by atoms with Gasteiger partial charge in [-0.25, -0.2) is 0 Å². The summed E-state index contributed by atoms with van der Waals surface area (Å²) in [6, 6.07) is 0. The third-order valence-electron chi connectivity index (χ3n) is 5.20. The Kier molecular flexibility index (Phi) is 6.22. The minimum atomic E-state index is -0.121. The van der Waals surface area contributed by atoms with Gasteiger partial charge in [0, 0.05) is 5.92 Å². The first-order valence-corrected chi connectivity index (χ1v) is 7.07. The molecule has 0 spiro atoms. The van der Waals surface area contributed by atoms with Gasteiger partial charge >= 0.3 is 0 Å². The van der Waals surface area contributed by atoms with Crippen molar-refractivity contribution >= 4 is 5.91 Å². The van der Waals surface area contributed by atoms with E-state index in [0.717, 1.165) is 32.1 Å². The Morgan fingerprint density at radius 2 is 1.41 bits per heavy atom. The standard InChI is InChI=1S/C15H31NO/c1-7-14(5,8-2)11-12(13(16)17)15(6,9-3)10-4/h12H,7-11H2,1-6H3,(H2,16,17). The fraction of sp³-hybridized carbons (Fsp3) is 0.933. The van der Waals surface area contributed by atoms with E-state index < -0.39 is 0 Å². The smallest absolute Gasteiger partial charge is 0.221 e. The summed E-state index contributed by atoms with van der Waals surface area (Å²) in [6.45, 7) is 13.2. The van der Waals surface area contributed by atoms with Gasteiger partial charge in [0.05, 0.1) is 0 Å². The van der Waals surface area contributed by atoms with E-state index in [4.69, 9.17) is 5.73 Å². The highest BCUT2D eigenvalue weighted by Gasteiger charge is 2.39. The van der Waals surface area contributed by atoms with Gasteiger partial charge in [-0.2, -0.15) is 0 Å². The predicted octanol–water partition coefficient (Wildman–Crippen LogP) is 4.13. The second kappa shape index (κ2) is 6.42. The van der Waals surface area contributed by atoms with Crippen LogP contribution in [0.25, 0.3) is 0 Å². The number of carbonyl (C=O) groups excluding carboxylic acids is 1. The van der Waals surface area contributed by atoms with Crippen molar-refractivity contribution in [1.82, 2.24) is 0 Å². The molecule has 2 N–H and O–H groups in total. The molecule has 0 aliphatic rings. The molecule has 0 rings (SSSR count). The van der Waals surface area contributed by atoms with Gasteiger partial charge in [0.15, 0.2) is 0 Å². The largest absolute Gasteiger partial charge is 0.369 e. The Bertz CT molecular complexity index is 239. The highest BCUT2D eigenvalue weighted by atomic mass is 16.1. The Hall–Kier alpha value is -0.530. The zero-order chi connectivity index (χ0) is 13.7. The zero-order valence-corrected chi connectivity index (χ0v) is 12.6. The average Bonchev–Trinajstić information content (AvgIpc) is 2.34. The summed E-state index contributed by atoms with van der Waals surface area (Å²) in [6.07, 6.45) is 5.17. The minimum Gasteiger partial charge on any atom is -0.369 e. The van der Waals surface area contributed by atoms with Crippen LogP contribution in [-0.4, -0.2) is 5.91 Å². The molecule has 0 heterocycles. The van der Waals surface area contributed by atoms with Gasteiger partial charge in [-0.15, -0.1) is 0 Å². The van der Waals surface area contributed by atoms with Gasteiger partial charge in [-0.05, 0) is 30.1 Å². The molecule has 0 saturated carbocycles. The molecular formula is C15H31NO. The lowest BCUT2D eigenvalue weighted by Crippen LogP contribution is -2.40. The van der Waals surface area contributed by atoms with Crippen molar-refractivity contribution in [2.45, 2.75) is 73.6 Å². The first-order chi connectivity index (χ1) is 7.78. The lowest BCUT2D eigenvalue weighted by Gasteiger charge is -2.40. The minimum absolute atomic E-state index is 0.00222. The molecule has 0 aromatic rings. The fourth-order valence-electron chi connectivity index (χ4n) is 2.46. The molecule has 0 aromatic heterocycles. The van der Waals surface area contributed by atoms with Crippen LogP contribution in [0, 0.1) is 16.7 Å². The van der Waals surface area contributed by atoms with Crippen molar-refractivity contribution in [2.24, 2.45) is 22.5 Å². The number of carbonyl (C=O) groups is 1. The molecular weight excluding hydrogens is 210 g/mol. The highest BCUT2D eigenvalue weighted by molar-refractivity contribution is 5.77. The molecule has 2 nitrogen and oxygen atoms in total. The summed E-state index contributed by atoms with van der Waals surface area (Å²) in [5, 5.41) is 0. The Labute approximate surface area is 107 Å². The molecule has 0 fully saturated rings. The van der Waals surface area contributed by atoms with E-state index >= 15 is 0 Å². The van der Waals surface area contributed by atoms with Crippen molar-refractivity contribution in [3.05, 3.63) is 0 Å². The van der Waals surface area contributed by atoms with E-state index in [1.165, 1.54) is 0 Å².